The summed E-state index contributed by atoms with van der Waals surface area (Å²) < 4.78 is 7.68. The summed E-state index contributed by atoms with van der Waals surface area (Å²) >= 11 is 1.74. The number of hydrogen-bond donors (Lipinski definition) is 0. The molecular weight excluding hydrogens is 785 g/mol. The molecule has 0 unspecified atom stereocenters. The van der Waals surface area contributed by atoms with E-state index in [-0.39, 0.29) is 25.5 Å². The fraction of sp³-hybridized carbons (Fsp3) is 0.163. The van der Waals surface area contributed by atoms with E-state index in [1.165, 1.54) is 43.5 Å². The molecule has 0 N–H and O–H groups in total. The molecule has 0 bridgehead atoms. The van der Waals surface area contributed by atoms with Crippen LogP contribution in [0.4, 0.5) is 0 Å². The maximum absolute atomic E-state index is 6.44. The fourth-order valence-electron chi connectivity index (χ4n) is 6.20. The summed E-state index contributed by atoms with van der Waals surface area (Å²) in [6.07, 6.45) is 3.91. The van der Waals surface area contributed by atoms with Gasteiger partial charge < -0.3 is 14.4 Å². The predicted octanol–water partition coefficient (Wildman–Crippen LogP) is 12.1. The molecule has 4 aromatic carbocycles. The third-order valence-corrected chi connectivity index (χ3v) is 9.50. The van der Waals surface area contributed by atoms with Crippen LogP contribution in [0.2, 0.25) is 0 Å². The van der Waals surface area contributed by atoms with Gasteiger partial charge in [-0.25, -0.2) is 0 Å². The van der Waals surface area contributed by atoms with Crippen LogP contribution in [0.5, 0.6) is 0 Å². The van der Waals surface area contributed by atoms with Gasteiger partial charge in [-0.2, -0.15) is 0 Å². The maximum Gasteiger partial charge on any atom is 0.122 e. The first kappa shape index (κ1) is 33.5. The molecular formula is C43H36IrN2OS-2. The quantitative estimate of drug-likeness (QED) is 0.167. The summed E-state index contributed by atoms with van der Waals surface area (Å²) in [4.78, 5) is 9.25. The maximum atomic E-state index is 6.44. The number of furan rings is 1. The van der Waals surface area contributed by atoms with E-state index in [0.29, 0.717) is 0 Å². The average molecular weight is 821 g/mol. The molecule has 4 aromatic heterocycles. The summed E-state index contributed by atoms with van der Waals surface area (Å²) in [7, 11) is 0. The smallest absolute Gasteiger partial charge is 0.122 e. The van der Waals surface area contributed by atoms with Crippen LogP contribution in [-0.4, -0.2) is 9.97 Å². The van der Waals surface area contributed by atoms with Gasteiger partial charge in [-0.3, -0.25) is 0 Å². The van der Waals surface area contributed by atoms with E-state index in [2.05, 4.69) is 112 Å². The molecule has 5 heteroatoms. The van der Waals surface area contributed by atoms with Crippen LogP contribution in [0.25, 0.3) is 65.7 Å². The number of nitrogens with zero attached hydrogens (tertiary/aromatic N) is 2. The molecule has 0 aliphatic carbocycles. The Balaban J connectivity index is 0.000000241. The number of pyridine rings is 2. The Morgan fingerprint density at radius 2 is 1.52 bits per heavy atom. The van der Waals surface area contributed by atoms with Crippen molar-refractivity contribution >= 4 is 43.4 Å². The van der Waals surface area contributed by atoms with Gasteiger partial charge >= 0.3 is 0 Å². The molecule has 3 nitrogen and oxygen atoms in total. The number of fused-ring (bicyclic) bond motifs is 4. The van der Waals surface area contributed by atoms with Gasteiger partial charge in [0.15, 0.2) is 0 Å². The molecule has 4 heterocycles. The molecule has 1 radical (unpaired) electrons. The van der Waals surface area contributed by atoms with Crippen LogP contribution in [-0.2, 0) is 25.5 Å². The first-order valence-electron chi connectivity index (χ1n) is 15.9. The van der Waals surface area contributed by atoms with Crippen LogP contribution in [0.3, 0.4) is 0 Å². The Morgan fingerprint density at radius 1 is 0.729 bits per heavy atom. The van der Waals surface area contributed by atoms with Crippen LogP contribution in [0.15, 0.2) is 113 Å². The third-order valence-electron chi connectivity index (χ3n) is 8.62. The first-order valence-corrected chi connectivity index (χ1v) is 16.8. The second-order valence-corrected chi connectivity index (χ2v) is 14.1. The van der Waals surface area contributed by atoms with Crippen molar-refractivity contribution in [3.63, 3.8) is 0 Å². The number of hydrogen-bond acceptors (Lipinski definition) is 4. The monoisotopic (exact) mass is 821 g/mol. The summed E-state index contributed by atoms with van der Waals surface area (Å²) in [5.74, 6) is 0. The molecule has 0 fully saturated rings. The summed E-state index contributed by atoms with van der Waals surface area (Å²) in [5.41, 5.74) is 13.0. The van der Waals surface area contributed by atoms with Crippen molar-refractivity contribution < 1.29 is 24.5 Å². The summed E-state index contributed by atoms with van der Waals surface area (Å²) in [6.45, 7) is 13.2. The van der Waals surface area contributed by atoms with Gasteiger partial charge in [0.1, 0.15) is 5.58 Å². The normalized spacial score (nSPS) is 11.4. The van der Waals surface area contributed by atoms with Gasteiger partial charge in [-0.15, -0.1) is 65.4 Å². The molecule has 0 amide bonds. The fourth-order valence-corrected chi connectivity index (χ4v) is 7.00. The van der Waals surface area contributed by atoms with Crippen LogP contribution in [0.1, 0.15) is 43.0 Å². The number of rotatable bonds is 3. The van der Waals surface area contributed by atoms with Crippen molar-refractivity contribution in [2.24, 2.45) is 0 Å². The van der Waals surface area contributed by atoms with E-state index in [0.717, 1.165) is 44.5 Å². The minimum atomic E-state index is -0.0313. The number of benzene rings is 4. The van der Waals surface area contributed by atoms with Crippen LogP contribution >= 0.6 is 11.3 Å². The SMILES string of the molecule is Cc1ccc(-c2[c-]cccc2)nc1.Cc1cccc(C)c1-c1cc(-c2[c-]ccc3c2oc2cc4sccc4cc23)ncc1C(C)(C)C.[Ir]. The predicted molar refractivity (Wildman–Crippen MR) is 198 cm³/mol. The van der Waals surface area contributed by atoms with E-state index in [4.69, 9.17) is 9.40 Å². The van der Waals surface area contributed by atoms with Gasteiger partial charge in [0.25, 0.3) is 0 Å². The molecule has 0 saturated heterocycles. The number of thiophene rings is 1. The van der Waals surface area contributed by atoms with Crippen molar-refractivity contribution in [3.05, 3.63) is 143 Å². The Labute approximate surface area is 300 Å². The Kier molecular flexibility index (Phi) is 9.49. The van der Waals surface area contributed by atoms with Gasteiger partial charge in [-0.05, 0) is 99.9 Å². The average Bonchev–Trinajstić information content (AvgIpc) is 3.68. The number of aromatic nitrogens is 2. The van der Waals surface area contributed by atoms with Crippen LogP contribution in [0, 0.1) is 32.9 Å². The van der Waals surface area contributed by atoms with Crippen molar-refractivity contribution in [3.8, 4) is 33.6 Å². The zero-order chi connectivity index (χ0) is 32.7. The summed E-state index contributed by atoms with van der Waals surface area (Å²) in [6, 6.07) is 37.9. The topological polar surface area (TPSA) is 38.9 Å². The van der Waals surface area contributed by atoms with E-state index in [9.17, 15) is 0 Å². The van der Waals surface area contributed by atoms with Gasteiger partial charge in [0.2, 0.25) is 0 Å². The molecule has 0 aliphatic heterocycles. The van der Waals surface area contributed by atoms with E-state index in [1.807, 2.05) is 55.7 Å². The first-order chi connectivity index (χ1) is 22.7. The second-order valence-electron chi connectivity index (χ2n) is 13.1. The van der Waals surface area contributed by atoms with E-state index >= 15 is 0 Å². The number of aryl methyl sites for hydroxylation is 3. The Morgan fingerprint density at radius 3 is 2.23 bits per heavy atom. The zero-order valence-corrected chi connectivity index (χ0v) is 31.1. The molecule has 0 saturated carbocycles. The minimum Gasteiger partial charge on any atom is -0.501 e. The molecule has 241 valence electrons. The molecule has 8 aromatic rings. The van der Waals surface area contributed by atoms with Crippen LogP contribution < -0.4 is 0 Å². The van der Waals surface area contributed by atoms with Crippen molar-refractivity contribution in [1.29, 1.82) is 0 Å². The molecule has 8 rings (SSSR count). The van der Waals surface area contributed by atoms with Gasteiger partial charge in [0.05, 0.1) is 5.58 Å². The molecule has 0 spiro atoms. The molecule has 0 atom stereocenters. The second kappa shape index (κ2) is 13.6. The van der Waals surface area contributed by atoms with Gasteiger partial charge in [-0.1, -0.05) is 68.1 Å². The molecule has 0 aliphatic rings. The van der Waals surface area contributed by atoms with E-state index in [1.54, 1.807) is 11.3 Å². The Bertz CT molecular complexity index is 2340. The standard InChI is InChI=1S/C31H26NOS.C12H10N.Ir/c1-18-8-6-9-19(2)29(18)24-15-26(32-17-25(24)31(3,4)5)22-11-7-10-21-23-14-20-12-13-34-28(20)16-27(23)33-30(21)22;1-10-7-8-12(13-9-10)11-5-3-2-4-6-11;/h6-10,12-17H,1-5H3;2-5,7-9H,1H3;/q2*-1;. The van der Waals surface area contributed by atoms with Gasteiger partial charge in [0, 0.05) is 42.6 Å². The minimum absolute atomic E-state index is 0. The zero-order valence-electron chi connectivity index (χ0n) is 27.9. The van der Waals surface area contributed by atoms with Crippen molar-refractivity contribution in [2.75, 3.05) is 0 Å². The molecule has 48 heavy (non-hydrogen) atoms. The third kappa shape index (κ3) is 6.51. The van der Waals surface area contributed by atoms with Crippen molar-refractivity contribution in [1.82, 2.24) is 9.97 Å². The van der Waals surface area contributed by atoms with Crippen molar-refractivity contribution in [2.45, 2.75) is 47.0 Å². The largest absolute Gasteiger partial charge is 0.501 e. The summed E-state index contributed by atoms with van der Waals surface area (Å²) in [5, 5.41) is 5.62. The van der Waals surface area contributed by atoms with E-state index < -0.39 is 0 Å². The Hall–Kier alpha value is -4.41.